The Kier molecular flexibility index (Phi) is 4.92. The van der Waals surface area contributed by atoms with E-state index in [2.05, 4.69) is 20.7 Å². The number of nitro groups is 1. The van der Waals surface area contributed by atoms with Crippen molar-refractivity contribution >= 4 is 11.7 Å². The largest absolute Gasteiger partial charge is 0.338 e. The van der Waals surface area contributed by atoms with Crippen molar-refractivity contribution in [2.75, 3.05) is 6.54 Å². The van der Waals surface area contributed by atoms with Gasteiger partial charge in [0.05, 0.1) is 11.0 Å². The molecule has 2 N–H and O–H groups in total. The molecule has 3 rings (SSSR count). The Hall–Kier alpha value is -2.97. The Morgan fingerprint density at radius 2 is 2.16 bits per heavy atom. The minimum atomic E-state index is -0.430. The van der Waals surface area contributed by atoms with Crippen LogP contribution >= 0.6 is 0 Å². The lowest BCUT2D eigenvalue weighted by molar-refractivity contribution is -0.384. The predicted molar refractivity (Wildman–Crippen MR) is 90.1 cm³/mol. The number of rotatable bonds is 5. The Labute approximate surface area is 144 Å². The van der Waals surface area contributed by atoms with Crippen LogP contribution in [0.15, 0.2) is 24.3 Å². The molecule has 0 aliphatic carbocycles. The average Bonchev–Trinajstić information content (AvgIpc) is 2.97. The van der Waals surface area contributed by atoms with Crippen LogP contribution in [0, 0.1) is 17.0 Å². The van der Waals surface area contributed by atoms with Gasteiger partial charge in [0.2, 0.25) is 0 Å². The first-order valence-corrected chi connectivity index (χ1v) is 8.22. The number of nitro benzene ring substituents is 1. The van der Waals surface area contributed by atoms with E-state index in [1.54, 1.807) is 12.1 Å². The predicted octanol–water partition coefficient (Wildman–Crippen LogP) is 1.87. The maximum absolute atomic E-state index is 12.1. The number of hydrogen-bond acceptors (Lipinski definition) is 5. The molecule has 1 unspecified atom stereocenters. The molecule has 0 saturated carbocycles. The van der Waals surface area contributed by atoms with Gasteiger partial charge in [0.1, 0.15) is 11.6 Å². The zero-order valence-corrected chi connectivity index (χ0v) is 13.9. The summed E-state index contributed by atoms with van der Waals surface area (Å²) in [5.41, 5.74) is 0.991. The summed E-state index contributed by atoms with van der Waals surface area (Å²) in [4.78, 5) is 26.7. The molecular formula is C16H20N6O3. The summed E-state index contributed by atoms with van der Waals surface area (Å²) in [5, 5.41) is 20.7. The minimum Gasteiger partial charge on any atom is -0.338 e. The number of nitrogens with one attached hydrogen (secondary N) is 2. The molecule has 1 aromatic heterocycles. The number of non-ortho nitro benzene ring substituents is 1. The number of nitrogens with zero attached hydrogens (tertiary/aromatic N) is 4. The van der Waals surface area contributed by atoms with Gasteiger partial charge >= 0.3 is 6.03 Å². The molecule has 1 aliphatic heterocycles. The summed E-state index contributed by atoms with van der Waals surface area (Å²) in [6.45, 7) is 3.12. The molecule has 1 aromatic carbocycles. The third kappa shape index (κ3) is 4.11. The fraction of sp³-hybridized carbons (Fsp3) is 0.438. The highest BCUT2D eigenvalue weighted by atomic mass is 16.6. The van der Waals surface area contributed by atoms with Crippen LogP contribution in [0.3, 0.4) is 0 Å². The standard InChI is InChI=1S/C16H20N6O3/c1-11-18-15-14(3-2-10-21(15)20-11)19-16(23)17-9-8-12-4-6-13(7-5-12)22(24)25/h4-7,14H,2-3,8-10H2,1H3,(H2,17,19,23). The van der Waals surface area contributed by atoms with E-state index in [4.69, 9.17) is 0 Å². The Morgan fingerprint density at radius 1 is 1.40 bits per heavy atom. The molecule has 25 heavy (non-hydrogen) atoms. The smallest absolute Gasteiger partial charge is 0.315 e. The number of carbonyl (C=O) groups excluding carboxylic acids is 1. The van der Waals surface area contributed by atoms with Gasteiger partial charge in [0, 0.05) is 25.2 Å². The van der Waals surface area contributed by atoms with Crippen LogP contribution in [-0.2, 0) is 13.0 Å². The normalized spacial score (nSPS) is 16.1. The summed E-state index contributed by atoms with van der Waals surface area (Å²) in [6.07, 6.45) is 2.39. The molecule has 0 spiro atoms. The van der Waals surface area contributed by atoms with Crippen molar-refractivity contribution in [2.45, 2.75) is 38.8 Å². The zero-order chi connectivity index (χ0) is 17.8. The van der Waals surface area contributed by atoms with Gasteiger partial charge in [-0.1, -0.05) is 12.1 Å². The SMILES string of the molecule is Cc1nc2n(n1)CCCC2NC(=O)NCCc1ccc([N+](=O)[O-])cc1. The topological polar surface area (TPSA) is 115 Å². The van der Waals surface area contributed by atoms with Crippen LogP contribution in [0.5, 0.6) is 0 Å². The highest BCUT2D eigenvalue weighted by molar-refractivity contribution is 5.74. The molecule has 132 valence electrons. The molecular weight excluding hydrogens is 324 g/mol. The molecule has 2 aromatic rings. The van der Waals surface area contributed by atoms with Gasteiger partial charge in [-0.25, -0.2) is 14.5 Å². The van der Waals surface area contributed by atoms with Crippen LogP contribution in [-0.4, -0.2) is 32.3 Å². The fourth-order valence-electron chi connectivity index (χ4n) is 2.92. The molecule has 9 nitrogen and oxygen atoms in total. The highest BCUT2D eigenvalue weighted by Crippen LogP contribution is 2.22. The first kappa shape index (κ1) is 16.9. The number of urea groups is 1. The molecule has 0 fully saturated rings. The second kappa shape index (κ2) is 7.29. The summed E-state index contributed by atoms with van der Waals surface area (Å²) >= 11 is 0. The Morgan fingerprint density at radius 3 is 2.88 bits per heavy atom. The van der Waals surface area contributed by atoms with Crippen molar-refractivity contribution in [1.29, 1.82) is 0 Å². The van der Waals surface area contributed by atoms with Gasteiger partial charge in [-0.3, -0.25) is 10.1 Å². The number of amides is 2. The van der Waals surface area contributed by atoms with Gasteiger partial charge in [-0.15, -0.1) is 0 Å². The molecule has 0 bridgehead atoms. The van der Waals surface area contributed by atoms with Crippen molar-refractivity contribution in [1.82, 2.24) is 25.4 Å². The number of benzene rings is 1. The number of hydrogen-bond donors (Lipinski definition) is 2. The Balaban J connectivity index is 1.48. The molecule has 2 heterocycles. The highest BCUT2D eigenvalue weighted by Gasteiger charge is 2.24. The van der Waals surface area contributed by atoms with E-state index < -0.39 is 4.92 Å². The lowest BCUT2D eigenvalue weighted by Crippen LogP contribution is -2.40. The third-order valence-corrected chi connectivity index (χ3v) is 4.13. The van der Waals surface area contributed by atoms with E-state index in [1.807, 2.05) is 11.6 Å². The van der Waals surface area contributed by atoms with Gasteiger partial charge in [-0.05, 0) is 31.7 Å². The fourth-order valence-corrected chi connectivity index (χ4v) is 2.92. The summed E-state index contributed by atoms with van der Waals surface area (Å²) in [6, 6.07) is 5.95. The van der Waals surface area contributed by atoms with Crippen molar-refractivity contribution < 1.29 is 9.72 Å². The first-order valence-electron chi connectivity index (χ1n) is 8.22. The molecule has 9 heteroatoms. The maximum Gasteiger partial charge on any atom is 0.315 e. The number of fused-ring (bicyclic) bond motifs is 1. The average molecular weight is 344 g/mol. The second-order valence-electron chi connectivity index (χ2n) is 6.01. The van der Waals surface area contributed by atoms with E-state index in [0.29, 0.717) is 18.8 Å². The Bertz CT molecular complexity index is 771. The minimum absolute atomic E-state index is 0.0613. The lowest BCUT2D eigenvalue weighted by Gasteiger charge is -2.23. The van der Waals surface area contributed by atoms with Crippen molar-refractivity contribution in [3.63, 3.8) is 0 Å². The van der Waals surface area contributed by atoms with E-state index in [1.165, 1.54) is 12.1 Å². The number of carbonyl (C=O) groups is 1. The van der Waals surface area contributed by atoms with Gasteiger partial charge in [-0.2, -0.15) is 5.10 Å². The summed E-state index contributed by atoms with van der Waals surface area (Å²) < 4.78 is 1.85. The molecule has 2 amide bonds. The van der Waals surface area contributed by atoms with E-state index in [0.717, 1.165) is 30.8 Å². The quantitative estimate of drug-likeness (QED) is 0.635. The number of aryl methyl sites for hydroxylation is 2. The van der Waals surface area contributed by atoms with Crippen LogP contribution in [0.4, 0.5) is 10.5 Å². The van der Waals surface area contributed by atoms with E-state index in [-0.39, 0.29) is 17.8 Å². The van der Waals surface area contributed by atoms with E-state index in [9.17, 15) is 14.9 Å². The van der Waals surface area contributed by atoms with Crippen LogP contribution in [0.1, 0.15) is 36.1 Å². The maximum atomic E-state index is 12.1. The summed E-state index contributed by atoms with van der Waals surface area (Å²) in [5.74, 6) is 1.51. The number of aromatic nitrogens is 3. The van der Waals surface area contributed by atoms with Crippen LogP contribution < -0.4 is 10.6 Å². The van der Waals surface area contributed by atoms with Crippen LogP contribution in [0.2, 0.25) is 0 Å². The molecule has 0 saturated heterocycles. The van der Waals surface area contributed by atoms with Crippen molar-refractivity contribution in [3.8, 4) is 0 Å². The second-order valence-corrected chi connectivity index (χ2v) is 6.01. The molecule has 0 radical (unpaired) electrons. The molecule has 1 atom stereocenters. The first-order chi connectivity index (χ1) is 12.0. The van der Waals surface area contributed by atoms with Gasteiger partial charge < -0.3 is 10.6 Å². The van der Waals surface area contributed by atoms with Gasteiger partial charge in [0.25, 0.3) is 5.69 Å². The van der Waals surface area contributed by atoms with Crippen molar-refractivity contribution in [3.05, 3.63) is 51.6 Å². The monoisotopic (exact) mass is 344 g/mol. The zero-order valence-electron chi connectivity index (χ0n) is 13.9. The van der Waals surface area contributed by atoms with E-state index >= 15 is 0 Å². The summed E-state index contributed by atoms with van der Waals surface area (Å²) in [7, 11) is 0. The lowest BCUT2D eigenvalue weighted by atomic mass is 10.1. The van der Waals surface area contributed by atoms with Gasteiger partial charge in [0.15, 0.2) is 0 Å². The molecule has 1 aliphatic rings. The third-order valence-electron chi connectivity index (χ3n) is 4.13. The van der Waals surface area contributed by atoms with Crippen molar-refractivity contribution in [2.24, 2.45) is 0 Å². The van der Waals surface area contributed by atoms with Crippen LogP contribution in [0.25, 0.3) is 0 Å².